The van der Waals surface area contributed by atoms with Gasteiger partial charge in [0.2, 0.25) is 0 Å². The largest absolute Gasteiger partial charge is 0.857 e. The minimum absolute atomic E-state index is 0.162. The van der Waals surface area contributed by atoms with E-state index in [0.29, 0.717) is 52.6 Å². The van der Waals surface area contributed by atoms with Crippen molar-refractivity contribution < 1.29 is 19.7 Å². The summed E-state index contributed by atoms with van der Waals surface area (Å²) in [4.78, 5) is 3.29. The Hall–Kier alpha value is -1.14. The van der Waals surface area contributed by atoms with Gasteiger partial charge in [-0.05, 0) is 0 Å². The van der Waals surface area contributed by atoms with Gasteiger partial charge in [-0.2, -0.15) is 0 Å². The molecule has 0 bridgehead atoms. The highest BCUT2D eigenvalue weighted by molar-refractivity contribution is 4.98. The molecule has 2 fully saturated rings. The van der Waals surface area contributed by atoms with Crippen molar-refractivity contribution in [2.24, 2.45) is 0 Å². The summed E-state index contributed by atoms with van der Waals surface area (Å²) in [5, 5.41) is 21.7. The zero-order valence-electron chi connectivity index (χ0n) is 9.22. The molecule has 6 heteroatoms. The Labute approximate surface area is 94.7 Å². The molecule has 2 aliphatic rings. The molecule has 6 nitrogen and oxygen atoms in total. The van der Waals surface area contributed by atoms with Gasteiger partial charge >= 0.3 is 0 Å². The van der Waals surface area contributed by atoms with Crippen molar-refractivity contribution in [3.63, 3.8) is 0 Å². The van der Waals surface area contributed by atoms with Crippen molar-refractivity contribution in [2.45, 2.75) is 0 Å². The van der Waals surface area contributed by atoms with Gasteiger partial charge in [0.25, 0.3) is 0 Å². The fraction of sp³-hybridized carbons (Fsp3) is 0.800. The zero-order valence-corrected chi connectivity index (χ0v) is 9.22. The zero-order chi connectivity index (χ0) is 11.4. The second kappa shape index (κ2) is 5.27. The Morgan fingerprint density at radius 2 is 1.31 bits per heavy atom. The van der Waals surface area contributed by atoms with E-state index in [4.69, 9.17) is 9.47 Å². The average Bonchev–Trinajstić information content (AvgIpc) is 2.39. The van der Waals surface area contributed by atoms with Gasteiger partial charge < -0.3 is 29.5 Å². The summed E-state index contributed by atoms with van der Waals surface area (Å²) >= 11 is 0. The van der Waals surface area contributed by atoms with Crippen molar-refractivity contribution in [2.75, 3.05) is 52.6 Å². The maximum absolute atomic E-state index is 11.9. The van der Waals surface area contributed by atoms with Crippen molar-refractivity contribution in [3.05, 3.63) is 11.8 Å². The lowest BCUT2D eigenvalue weighted by Crippen LogP contribution is -2.44. The molecular weight excluding hydrogens is 212 g/mol. The summed E-state index contributed by atoms with van der Waals surface area (Å²) in [6, 6.07) is 0. The lowest BCUT2D eigenvalue weighted by atomic mass is 10.4. The quantitative estimate of drug-likeness (QED) is 0.593. The minimum Gasteiger partial charge on any atom is -0.857 e. The second-order valence-corrected chi connectivity index (χ2v) is 3.83. The maximum Gasteiger partial charge on any atom is 0.195 e. The van der Waals surface area contributed by atoms with Crippen molar-refractivity contribution in [1.29, 1.82) is 0 Å². The van der Waals surface area contributed by atoms with Gasteiger partial charge in [0.05, 0.1) is 26.4 Å². The van der Waals surface area contributed by atoms with Crippen LogP contribution in [0.15, 0.2) is 11.8 Å². The molecule has 2 aliphatic heterocycles. The molecule has 0 radical (unpaired) electrons. The van der Waals surface area contributed by atoms with E-state index in [9.17, 15) is 10.2 Å². The van der Waals surface area contributed by atoms with Crippen LogP contribution in [0.4, 0.5) is 0 Å². The summed E-state index contributed by atoms with van der Waals surface area (Å²) in [6.45, 7) is 4.44. The molecule has 16 heavy (non-hydrogen) atoms. The van der Waals surface area contributed by atoms with Crippen LogP contribution in [0, 0.1) is 0 Å². The third-order valence-corrected chi connectivity index (χ3v) is 2.80. The monoisotopic (exact) mass is 229 g/mol. The standard InChI is InChI=1S/C10H18N2O4/c13-9(11-1-5-15-6-2-11)10(14)12-3-7-16-8-4-12/h13-14H,1-8H2/p-1. The molecule has 0 aromatic carbocycles. The van der Waals surface area contributed by atoms with Crippen LogP contribution in [0.3, 0.4) is 0 Å². The molecule has 0 unspecified atom stereocenters. The van der Waals surface area contributed by atoms with Crippen LogP contribution in [-0.4, -0.2) is 67.5 Å². The summed E-state index contributed by atoms with van der Waals surface area (Å²) in [7, 11) is 0. The number of hydrogen-bond acceptors (Lipinski definition) is 6. The number of morpholine rings is 2. The number of aliphatic hydroxyl groups excluding tert-OH is 1. The summed E-state index contributed by atoms with van der Waals surface area (Å²) < 4.78 is 10.3. The van der Waals surface area contributed by atoms with Crippen LogP contribution in [0.25, 0.3) is 0 Å². The molecule has 2 heterocycles. The highest BCUT2D eigenvalue weighted by Crippen LogP contribution is 2.11. The third-order valence-electron chi connectivity index (χ3n) is 2.80. The van der Waals surface area contributed by atoms with Crippen LogP contribution in [-0.2, 0) is 9.47 Å². The fourth-order valence-corrected chi connectivity index (χ4v) is 1.82. The summed E-state index contributed by atoms with van der Waals surface area (Å²) in [5.74, 6) is -0.463. The van der Waals surface area contributed by atoms with Crippen LogP contribution in [0.2, 0.25) is 0 Å². The second-order valence-electron chi connectivity index (χ2n) is 3.83. The van der Waals surface area contributed by atoms with E-state index in [1.807, 2.05) is 0 Å². The van der Waals surface area contributed by atoms with Gasteiger partial charge in [0.1, 0.15) is 0 Å². The molecule has 0 atom stereocenters. The van der Waals surface area contributed by atoms with Gasteiger partial charge in [0.15, 0.2) is 5.88 Å². The van der Waals surface area contributed by atoms with Gasteiger partial charge in [-0.3, -0.25) is 0 Å². The first-order valence-corrected chi connectivity index (χ1v) is 5.54. The van der Waals surface area contributed by atoms with E-state index in [1.165, 1.54) is 0 Å². The molecule has 0 amide bonds. The molecule has 0 spiro atoms. The van der Waals surface area contributed by atoms with Crippen LogP contribution >= 0.6 is 0 Å². The molecule has 2 saturated heterocycles. The summed E-state index contributed by atoms with van der Waals surface area (Å²) in [5.41, 5.74) is 0. The number of rotatable bonds is 2. The maximum atomic E-state index is 11.9. The van der Waals surface area contributed by atoms with E-state index in [-0.39, 0.29) is 11.8 Å². The van der Waals surface area contributed by atoms with E-state index in [0.717, 1.165) is 0 Å². The Morgan fingerprint density at radius 3 is 1.81 bits per heavy atom. The molecule has 0 aliphatic carbocycles. The van der Waals surface area contributed by atoms with E-state index in [2.05, 4.69) is 0 Å². The van der Waals surface area contributed by atoms with Gasteiger partial charge in [-0.1, -0.05) is 0 Å². The SMILES string of the molecule is [O-]C(=C(O)N1CCOCC1)N1CCOCC1. The molecule has 0 aromatic heterocycles. The number of nitrogens with zero attached hydrogens (tertiary/aromatic N) is 2. The highest BCUT2D eigenvalue weighted by Gasteiger charge is 2.17. The van der Waals surface area contributed by atoms with E-state index in [1.54, 1.807) is 9.80 Å². The van der Waals surface area contributed by atoms with Crippen LogP contribution in [0.5, 0.6) is 0 Å². The van der Waals surface area contributed by atoms with Crippen molar-refractivity contribution in [1.82, 2.24) is 9.80 Å². The Morgan fingerprint density at radius 1 is 0.875 bits per heavy atom. The first kappa shape index (κ1) is 11.3. The van der Waals surface area contributed by atoms with Gasteiger partial charge in [-0.25, -0.2) is 0 Å². The Bertz CT molecular complexity index is 232. The highest BCUT2D eigenvalue weighted by atomic mass is 16.5. The predicted octanol–water partition coefficient (Wildman–Crippen LogP) is -1.30. The van der Waals surface area contributed by atoms with Crippen LogP contribution in [0.1, 0.15) is 0 Å². The lowest BCUT2D eigenvalue weighted by Gasteiger charge is -2.38. The smallest absolute Gasteiger partial charge is 0.195 e. The summed E-state index contributed by atoms with van der Waals surface area (Å²) in [6.07, 6.45) is 0. The fourth-order valence-electron chi connectivity index (χ4n) is 1.82. The molecule has 0 aromatic rings. The van der Waals surface area contributed by atoms with Crippen LogP contribution < -0.4 is 5.11 Å². The first-order chi connectivity index (χ1) is 7.79. The molecule has 0 saturated carbocycles. The minimum atomic E-state index is -0.301. The number of aliphatic hydroxyl groups is 1. The van der Waals surface area contributed by atoms with Crippen molar-refractivity contribution in [3.8, 4) is 0 Å². The average molecular weight is 229 g/mol. The topological polar surface area (TPSA) is 68.2 Å². The molecular formula is C10H17N2O4-. The van der Waals surface area contributed by atoms with E-state index < -0.39 is 0 Å². The van der Waals surface area contributed by atoms with E-state index >= 15 is 0 Å². The Balaban J connectivity index is 1.99. The van der Waals surface area contributed by atoms with Crippen molar-refractivity contribution >= 4 is 0 Å². The normalized spacial score (nSPS) is 24.2. The third kappa shape index (κ3) is 2.51. The predicted molar refractivity (Wildman–Crippen MR) is 54.4 cm³/mol. The number of hydrogen-bond donors (Lipinski definition) is 1. The van der Waals surface area contributed by atoms with Gasteiger partial charge in [-0.15, -0.1) is 0 Å². The number of ether oxygens (including phenoxy) is 2. The van der Waals surface area contributed by atoms with Gasteiger partial charge in [0, 0.05) is 32.1 Å². The Kier molecular flexibility index (Phi) is 3.74. The molecule has 2 rings (SSSR count). The molecule has 92 valence electrons. The molecule has 1 N–H and O–H groups in total. The first-order valence-electron chi connectivity index (χ1n) is 5.54. The lowest BCUT2D eigenvalue weighted by molar-refractivity contribution is -0.343.